The number of carbonyl (C=O) groups is 2. The molecule has 0 bridgehead atoms. The largest absolute Gasteiger partial charge is 0.496 e. The topological polar surface area (TPSA) is 89.1 Å². The molecule has 0 saturated carbocycles. The van der Waals surface area contributed by atoms with Crippen LogP contribution in [0.15, 0.2) is 58.2 Å². The van der Waals surface area contributed by atoms with Gasteiger partial charge >= 0.3 is 0 Å². The third kappa shape index (κ3) is 5.24. The van der Waals surface area contributed by atoms with E-state index in [9.17, 15) is 9.59 Å². The Hall–Kier alpha value is -2.95. The van der Waals surface area contributed by atoms with E-state index in [1.165, 1.54) is 6.08 Å². The van der Waals surface area contributed by atoms with Crippen LogP contribution in [0, 0.1) is 0 Å². The fraction of sp³-hybridized carbons (Fsp3) is 0.467. The molecule has 1 saturated heterocycles. The van der Waals surface area contributed by atoms with Crippen LogP contribution in [-0.2, 0) is 25.6 Å². The van der Waals surface area contributed by atoms with Crippen molar-refractivity contribution in [3.05, 3.63) is 63.7 Å². The molecule has 1 spiro atoms. The van der Waals surface area contributed by atoms with Gasteiger partial charge < -0.3 is 29.7 Å². The molecular formula is C30H35BrFN3O5. The van der Waals surface area contributed by atoms with Crippen molar-refractivity contribution >= 4 is 38.5 Å². The number of halogens is 2. The minimum Gasteiger partial charge on any atom is -0.496 e. The molecule has 214 valence electrons. The molecule has 40 heavy (non-hydrogen) atoms. The van der Waals surface area contributed by atoms with Crippen molar-refractivity contribution < 1.29 is 28.2 Å². The Kier molecular flexibility index (Phi) is 8.49. The van der Waals surface area contributed by atoms with E-state index < -0.39 is 23.5 Å². The van der Waals surface area contributed by atoms with Crippen molar-refractivity contribution in [3.8, 4) is 5.75 Å². The van der Waals surface area contributed by atoms with Crippen molar-refractivity contribution in [3.63, 3.8) is 0 Å². The summed E-state index contributed by atoms with van der Waals surface area (Å²) in [5, 5.41) is 7.90. The van der Waals surface area contributed by atoms with Crippen LogP contribution in [0.25, 0.3) is 10.8 Å². The normalized spacial score (nSPS) is 21.4. The molecule has 2 atom stereocenters. The minimum atomic E-state index is -1.15. The first-order valence-corrected chi connectivity index (χ1v) is 14.5. The molecule has 2 heterocycles. The van der Waals surface area contributed by atoms with Crippen molar-refractivity contribution in [2.75, 3.05) is 27.4 Å². The number of fused-ring (bicyclic) bond motifs is 1. The lowest BCUT2D eigenvalue weighted by Crippen LogP contribution is -2.63. The van der Waals surface area contributed by atoms with Crippen LogP contribution in [0.2, 0.25) is 0 Å². The smallest absolute Gasteiger partial charge is 0.253 e. The van der Waals surface area contributed by atoms with Gasteiger partial charge in [-0.2, -0.15) is 0 Å². The maximum absolute atomic E-state index is 15.5. The average Bonchev–Trinajstić information content (AvgIpc) is 3.04. The molecule has 2 amide bonds. The third-order valence-corrected chi connectivity index (χ3v) is 8.63. The molecule has 0 aromatic heterocycles. The third-order valence-electron chi connectivity index (χ3n) is 8.14. The summed E-state index contributed by atoms with van der Waals surface area (Å²) in [5.41, 5.74) is 0.115. The lowest BCUT2D eigenvalue weighted by atomic mass is 9.84. The van der Waals surface area contributed by atoms with Crippen LogP contribution in [0.1, 0.15) is 44.6 Å². The first kappa shape index (κ1) is 28.6. The van der Waals surface area contributed by atoms with E-state index in [0.717, 1.165) is 20.8 Å². The molecule has 0 radical (unpaired) electrons. The highest BCUT2D eigenvalue weighted by atomic mass is 79.9. The number of nitrogens with zero attached hydrogens (tertiary/aromatic N) is 1. The Morgan fingerprint density at radius 2 is 2.05 bits per heavy atom. The maximum atomic E-state index is 15.5. The van der Waals surface area contributed by atoms with Gasteiger partial charge in [0.15, 0.2) is 11.6 Å². The second-order valence-electron chi connectivity index (χ2n) is 10.4. The van der Waals surface area contributed by atoms with Gasteiger partial charge in [0.1, 0.15) is 17.4 Å². The molecule has 8 nitrogen and oxygen atoms in total. The summed E-state index contributed by atoms with van der Waals surface area (Å²) >= 11 is 3.53. The zero-order valence-corrected chi connectivity index (χ0v) is 24.6. The van der Waals surface area contributed by atoms with Crippen molar-refractivity contribution in [2.24, 2.45) is 0 Å². The number of carbonyl (C=O) groups excluding carboxylic acids is 2. The fourth-order valence-corrected chi connectivity index (χ4v) is 6.30. The van der Waals surface area contributed by atoms with Gasteiger partial charge in [0.2, 0.25) is 5.91 Å². The van der Waals surface area contributed by atoms with E-state index in [0.29, 0.717) is 56.8 Å². The average molecular weight is 617 g/mol. The maximum Gasteiger partial charge on any atom is 0.253 e. The molecule has 1 fully saturated rings. The van der Waals surface area contributed by atoms with Gasteiger partial charge in [-0.05, 0) is 61.4 Å². The second-order valence-corrected chi connectivity index (χ2v) is 11.3. The Balaban J connectivity index is 1.65. The lowest BCUT2D eigenvalue weighted by molar-refractivity contribution is -0.149. The molecule has 2 N–H and O–H groups in total. The predicted octanol–water partition coefficient (Wildman–Crippen LogP) is 4.86. The minimum absolute atomic E-state index is 0.0702. The zero-order valence-electron chi connectivity index (χ0n) is 23.0. The van der Waals surface area contributed by atoms with Crippen molar-refractivity contribution in [2.45, 2.75) is 63.3 Å². The first-order chi connectivity index (χ1) is 19.3. The summed E-state index contributed by atoms with van der Waals surface area (Å²) < 4.78 is 34.3. The number of methoxy groups -OCH3 is 1. The molecule has 2 aromatic rings. The zero-order chi connectivity index (χ0) is 28.4. The Labute approximate surface area is 242 Å². The summed E-state index contributed by atoms with van der Waals surface area (Å²) in [6, 6.07) is 8.22. The molecule has 3 aliphatic rings. The molecule has 10 heteroatoms. The second kappa shape index (κ2) is 11.9. The molecule has 2 aromatic carbocycles. The van der Waals surface area contributed by atoms with Gasteiger partial charge in [0.25, 0.3) is 5.91 Å². The first-order valence-electron chi connectivity index (χ1n) is 13.7. The van der Waals surface area contributed by atoms with Crippen molar-refractivity contribution in [1.29, 1.82) is 0 Å². The Morgan fingerprint density at radius 1 is 1.27 bits per heavy atom. The molecular weight excluding hydrogens is 581 g/mol. The number of amides is 2. The number of ether oxygens (including phenoxy) is 3. The van der Waals surface area contributed by atoms with E-state index in [-0.39, 0.29) is 24.1 Å². The van der Waals surface area contributed by atoms with E-state index >= 15 is 4.39 Å². The number of hydrogen-bond donors (Lipinski definition) is 2. The molecule has 2 aliphatic heterocycles. The van der Waals surface area contributed by atoms with E-state index in [4.69, 9.17) is 14.2 Å². The number of rotatable bonds is 7. The van der Waals surface area contributed by atoms with Gasteiger partial charge in [-0.1, -0.05) is 35.0 Å². The Morgan fingerprint density at radius 3 is 2.75 bits per heavy atom. The predicted molar refractivity (Wildman–Crippen MR) is 153 cm³/mol. The van der Waals surface area contributed by atoms with E-state index in [1.54, 1.807) is 19.1 Å². The highest BCUT2D eigenvalue weighted by molar-refractivity contribution is 9.10. The Bertz CT molecular complexity index is 1370. The molecule has 5 rings (SSSR count). The summed E-state index contributed by atoms with van der Waals surface area (Å²) in [7, 11) is 3.30. The van der Waals surface area contributed by atoms with Crippen LogP contribution >= 0.6 is 15.9 Å². The summed E-state index contributed by atoms with van der Waals surface area (Å²) in [4.78, 5) is 29.6. The SMILES string of the molecule is CC[C@H](NC)C(=O)N[C@@H]1C(=O)N(Cc2c(OC)ccc3cc(Br)ccc23)C2=C(OC13CCOCC3)C(F)=CCC2. The summed E-state index contributed by atoms with van der Waals surface area (Å²) in [6.07, 6.45) is 3.57. The number of benzene rings is 2. The quantitative estimate of drug-likeness (QED) is 0.462. The number of allylic oxidation sites excluding steroid dienone is 3. The summed E-state index contributed by atoms with van der Waals surface area (Å²) in [5.74, 6) is -0.448. The van der Waals surface area contributed by atoms with Gasteiger partial charge in [-0.25, -0.2) is 4.39 Å². The van der Waals surface area contributed by atoms with Gasteiger partial charge in [-0.15, -0.1) is 0 Å². The van der Waals surface area contributed by atoms with Crippen LogP contribution in [0.4, 0.5) is 4.39 Å². The van der Waals surface area contributed by atoms with Crippen LogP contribution in [0.3, 0.4) is 0 Å². The molecule has 0 unspecified atom stereocenters. The number of hydrogen-bond acceptors (Lipinski definition) is 6. The van der Waals surface area contributed by atoms with Gasteiger partial charge in [-0.3, -0.25) is 9.59 Å². The van der Waals surface area contributed by atoms with E-state index in [2.05, 4.69) is 26.6 Å². The lowest BCUT2D eigenvalue weighted by Gasteiger charge is -2.42. The highest BCUT2D eigenvalue weighted by Crippen LogP contribution is 2.43. The van der Waals surface area contributed by atoms with Crippen molar-refractivity contribution in [1.82, 2.24) is 15.5 Å². The van der Waals surface area contributed by atoms with Crippen LogP contribution in [-0.4, -0.2) is 61.8 Å². The monoisotopic (exact) mass is 615 g/mol. The fourth-order valence-electron chi connectivity index (χ4n) is 5.92. The van der Waals surface area contributed by atoms with Crippen LogP contribution < -0.4 is 15.4 Å². The number of nitrogens with one attached hydrogen (secondary N) is 2. The van der Waals surface area contributed by atoms with Gasteiger partial charge in [0.05, 0.1) is 38.6 Å². The van der Waals surface area contributed by atoms with E-state index in [1.807, 2.05) is 37.3 Å². The van der Waals surface area contributed by atoms with Crippen LogP contribution in [0.5, 0.6) is 5.75 Å². The molecule has 1 aliphatic carbocycles. The number of likely N-dealkylation sites (N-methyl/N-ethyl adjacent to an activating group) is 1. The standard InChI is InChI=1S/C30H35BrFN3O5/c1-4-23(33-2)28(36)34-27-29(37)35(17-21-20-10-9-19(31)16-18(20)8-11-25(21)38-3)24-7-5-6-22(32)26(24)40-30(27)12-14-39-15-13-30/h6,8-11,16,23,27,33H,4-5,7,12-15,17H2,1-3H3,(H,34,36)/t23-,27+/m0/s1. The van der Waals surface area contributed by atoms with Gasteiger partial charge in [0, 0.05) is 22.9 Å². The highest BCUT2D eigenvalue weighted by Gasteiger charge is 2.53. The summed E-state index contributed by atoms with van der Waals surface area (Å²) in [6.45, 7) is 2.69.